The number of phenols is 1. The lowest BCUT2D eigenvalue weighted by Gasteiger charge is -2.22. The second-order valence-corrected chi connectivity index (χ2v) is 4.92. The molecule has 0 fully saturated rings. The molecule has 1 amide bonds. The molecule has 1 heterocycles. The van der Waals surface area contributed by atoms with Gasteiger partial charge in [0.2, 0.25) is 5.82 Å². The van der Waals surface area contributed by atoms with Crippen molar-refractivity contribution >= 4 is 5.91 Å². The fourth-order valence-electron chi connectivity index (χ4n) is 2.06. The summed E-state index contributed by atoms with van der Waals surface area (Å²) < 4.78 is 45.4. The Balaban J connectivity index is 2.34. The summed E-state index contributed by atoms with van der Waals surface area (Å²) in [5.41, 5.74) is -0.243. The number of rotatable bonds is 6. The smallest absolute Gasteiger partial charge is 0.257 e. The predicted octanol–water partition coefficient (Wildman–Crippen LogP) is 2.49. The van der Waals surface area contributed by atoms with Crippen LogP contribution in [0.2, 0.25) is 0 Å². The fraction of sp³-hybridized carbons (Fsp3) is 0.250. The highest BCUT2D eigenvalue weighted by atomic mass is 19.2. The van der Waals surface area contributed by atoms with Crippen molar-refractivity contribution < 1.29 is 27.8 Å². The Hall–Kier alpha value is -2.61. The van der Waals surface area contributed by atoms with Crippen LogP contribution in [-0.2, 0) is 11.3 Å². The Bertz CT molecular complexity index is 726. The Labute approximate surface area is 136 Å². The maximum absolute atomic E-state index is 14.0. The molecule has 0 aliphatic carbocycles. The van der Waals surface area contributed by atoms with E-state index in [0.29, 0.717) is 11.8 Å². The summed E-state index contributed by atoms with van der Waals surface area (Å²) in [5, 5.41) is 9.27. The topological polar surface area (TPSA) is 62.7 Å². The number of halogens is 3. The van der Waals surface area contributed by atoms with Gasteiger partial charge in [0.15, 0.2) is 17.4 Å². The average molecular weight is 340 g/mol. The number of benzene rings is 1. The van der Waals surface area contributed by atoms with Crippen LogP contribution in [0.25, 0.3) is 0 Å². The van der Waals surface area contributed by atoms with Gasteiger partial charge in [-0.25, -0.2) is 8.78 Å². The molecule has 0 saturated carbocycles. The third kappa shape index (κ3) is 3.83. The predicted molar refractivity (Wildman–Crippen MR) is 78.8 cm³/mol. The summed E-state index contributed by atoms with van der Waals surface area (Å²) in [6.45, 7) is 0.239. The minimum atomic E-state index is -1.74. The van der Waals surface area contributed by atoms with E-state index in [2.05, 4.69) is 4.98 Å². The van der Waals surface area contributed by atoms with Crippen molar-refractivity contribution in [3.8, 4) is 5.75 Å². The normalized spacial score (nSPS) is 10.7. The van der Waals surface area contributed by atoms with E-state index in [1.54, 1.807) is 18.2 Å². The first kappa shape index (κ1) is 17.7. The SMILES string of the molecule is COCCN(Cc1ccccn1)C(=O)c1cc(F)c(F)c(O)c1F. The van der Waals surface area contributed by atoms with Gasteiger partial charge >= 0.3 is 0 Å². The number of carbonyl (C=O) groups is 1. The van der Waals surface area contributed by atoms with Crippen LogP contribution in [-0.4, -0.2) is 41.2 Å². The van der Waals surface area contributed by atoms with Crippen LogP contribution in [0.15, 0.2) is 30.5 Å². The number of carbonyl (C=O) groups excluding carboxylic acids is 1. The largest absolute Gasteiger partial charge is 0.503 e. The zero-order valence-electron chi connectivity index (χ0n) is 12.8. The van der Waals surface area contributed by atoms with E-state index < -0.39 is 34.7 Å². The van der Waals surface area contributed by atoms with Gasteiger partial charge in [-0.2, -0.15) is 4.39 Å². The Morgan fingerprint density at radius 3 is 2.67 bits per heavy atom. The molecule has 2 aromatic rings. The number of phenolic OH excluding ortho intramolecular Hbond substituents is 1. The first-order chi connectivity index (χ1) is 11.5. The zero-order valence-corrected chi connectivity index (χ0v) is 12.8. The lowest BCUT2D eigenvalue weighted by Crippen LogP contribution is -2.34. The number of hydrogen-bond donors (Lipinski definition) is 1. The van der Waals surface area contributed by atoms with Gasteiger partial charge in [-0.3, -0.25) is 9.78 Å². The maximum atomic E-state index is 14.0. The van der Waals surface area contributed by atoms with Crippen molar-refractivity contribution in [2.75, 3.05) is 20.3 Å². The van der Waals surface area contributed by atoms with Gasteiger partial charge < -0.3 is 14.7 Å². The van der Waals surface area contributed by atoms with Gasteiger partial charge in [0.25, 0.3) is 5.91 Å². The molecule has 0 saturated heterocycles. The summed E-state index contributed by atoms with van der Waals surface area (Å²) in [5.74, 6) is -7.20. The molecule has 0 spiro atoms. The number of aromatic nitrogens is 1. The lowest BCUT2D eigenvalue weighted by molar-refractivity contribution is 0.0671. The van der Waals surface area contributed by atoms with E-state index in [0.717, 1.165) is 0 Å². The molecule has 0 radical (unpaired) electrons. The van der Waals surface area contributed by atoms with E-state index in [9.17, 15) is 23.1 Å². The third-order valence-corrected chi connectivity index (χ3v) is 3.29. The molecular formula is C16H15F3N2O3. The van der Waals surface area contributed by atoms with Crippen LogP contribution in [0.3, 0.4) is 0 Å². The van der Waals surface area contributed by atoms with Crippen molar-refractivity contribution in [1.82, 2.24) is 9.88 Å². The van der Waals surface area contributed by atoms with Crippen molar-refractivity contribution in [2.45, 2.75) is 6.54 Å². The molecule has 0 bridgehead atoms. The molecule has 0 unspecified atom stereocenters. The van der Waals surface area contributed by atoms with Gasteiger partial charge in [-0.15, -0.1) is 0 Å². The molecule has 1 aromatic heterocycles. The molecule has 1 N–H and O–H groups in total. The summed E-state index contributed by atoms with van der Waals surface area (Å²) in [6, 6.07) is 5.49. The van der Waals surface area contributed by atoms with Gasteiger partial charge in [-0.1, -0.05) is 6.07 Å². The minimum absolute atomic E-state index is 0.0161. The molecular weight excluding hydrogens is 325 g/mol. The summed E-state index contributed by atoms with van der Waals surface area (Å²) >= 11 is 0. The molecule has 0 atom stereocenters. The van der Waals surface area contributed by atoms with Crippen molar-refractivity contribution in [2.24, 2.45) is 0 Å². The number of nitrogens with zero attached hydrogens (tertiary/aromatic N) is 2. The summed E-state index contributed by atoms with van der Waals surface area (Å²) in [7, 11) is 1.42. The molecule has 2 rings (SSSR count). The molecule has 8 heteroatoms. The van der Waals surface area contributed by atoms with Crippen molar-refractivity contribution in [3.05, 3.63) is 59.2 Å². The van der Waals surface area contributed by atoms with Crippen molar-refractivity contribution in [1.29, 1.82) is 0 Å². The Morgan fingerprint density at radius 2 is 2.04 bits per heavy atom. The summed E-state index contributed by atoms with van der Waals surface area (Å²) in [4.78, 5) is 17.7. The van der Waals surface area contributed by atoms with E-state index in [1.807, 2.05) is 0 Å². The third-order valence-electron chi connectivity index (χ3n) is 3.29. The number of methoxy groups -OCH3 is 1. The molecule has 0 aliphatic rings. The Kier molecular flexibility index (Phi) is 5.75. The highest BCUT2D eigenvalue weighted by Crippen LogP contribution is 2.27. The molecule has 128 valence electrons. The van der Waals surface area contributed by atoms with Gasteiger partial charge in [0.05, 0.1) is 24.4 Å². The molecule has 5 nitrogen and oxygen atoms in total. The number of ether oxygens (including phenoxy) is 1. The van der Waals surface area contributed by atoms with E-state index in [1.165, 1.54) is 18.2 Å². The van der Waals surface area contributed by atoms with Gasteiger partial charge in [-0.05, 0) is 18.2 Å². The van der Waals surface area contributed by atoms with E-state index in [-0.39, 0.29) is 19.7 Å². The van der Waals surface area contributed by atoms with Gasteiger partial charge in [0, 0.05) is 19.9 Å². The Morgan fingerprint density at radius 1 is 1.29 bits per heavy atom. The first-order valence-electron chi connectivity index (χ1n) is 7.00. The lowest BCUT2D eigenvalue weighted by atomic mass is 10.1. The van der Waals surface area contributed by atoms with Crippen LogP contribution in [0.5, 0.6) is 5.75 Å². The average Bonchev–Trinajstić information content (AvgIpc) is 2.60. The van der Waals surface area contributed by atoms with Crippen LogP contribution >= 0.6 is 0 Å². The number of aromatic hydroxyl groups is 1. The maximum Gasteiger partial charge on any atom is 0.257 e. The molecule has 24 heavy (non-hydrogen) atoms. The van der Waals surface area contributed by atoms with E-state index >= 15 is 0 Å². The minimum Gasteiger partial charge on any atom is -0.503 e. The first-order valence-corrected chi connectivity index (χ1v) is 7.00. The van der Waals surface area contributed by atoms with Crippen molar-refractivity contribution in [3.63, 3.8) is 0 Å². The summed E-state index contributed by atoms with van der Waals surface area (Å²) in [6.07, 6.45) is 1.53. The quantitative estimate of drug-likeness (QED) is 0.821. The second kappa shape index (κ2) is 7.78. The van der Waals surface area contributed by atoms with Crippen LogP contribution in [0.4, 0.5) is 13.2 Å². The number of amides is 1. The highest BCUT2D eigenvalue weighted by molar-refractivity contribution is 5.95. The van der Waals surface area contributed by atoms with Crippen LogP contribution < -0.4 is 0 Å². The fourth-order valence-corrected chi connectivity index (χ4v) is 2.06. The van der Waals surface area contributed by atoms with Crippen LogP contribution in [0.1, 0.15) is 16.1 Å². The van der Waals surface area contributed by atoms with E-state index in [4.69, 9.17) is 4.74 Å². The highest BCUT2D eigenvalue weighted by Gasteiger charge is 2.26. The number of pyridine rings is 1. The zero-order chi connectivity index (χ0) is 17.7. The standard InChI is InChI=1S/C16H15F3N2O3/c1-24-7-6-21(9-10-4-2-3-5-20-10)16(23)11-8-12(17)14(19)15(22)13(11)18/h2-5,8,22H,6-7,9H2,1H3. The van der Waals surface area contributed by atoms with Crippen LogP contribution in [0, 0.1) is 17.5 Å². The monoisotopic (exact) mass is 340 g/mol. The second-order valence-electron chi connectivity index (χ2n) is 4.92. The molecule has 1 aromatic carbocycles. The number of hydrogen-bond acceptors (Lipinski definition) is 4. The molecule has 0 aliphatic heterocycles. The van der Waals surface area contributed by atoms with Gasteiger partial charge in [0.1, 0.15) is 0 Å².